The van der Waals surface area contributed by atoms with Gasteiger partial charge < -0.3 is 25.2 Å². The van der Waals surface area contributed by atoms with E-state index in [9.17, 15) is 25.2 Å². The molecule has 6 rings (SSSR count). The van der Waals surface area contributed by atoms with Gasteiger partial charge in [0.15, 0.2) is 5.69 Å². The topological polar surface area (TPSA) is 168 Å². The number of phenols is 2. The third-order valence-electron chi connectivity index (χ3n) is 8.71. The van der Waals surface area contributed by atoms with Gasteiger partial charge in [0.2, 0.25) is 11.8 Å². The Labute approximate surface area is 337 Å². The number of aromatic hydroxyl groups is 4. The van der Waals surface area contributed by atoms with Crippen molar-refractivity contribution in [1.29, 1.82) is 0 Å². The van der Waals surface area contributed by atoms with Crippen LogP contribution in [0.25, 0.3) is 11.4 Å². The van der Waals surface area contributed by atoms with Gasteiger partial charge >= 0.3 is 5.97 Å². The van der Waals surface area contributed by atoms with Crippen LogP contribution in [0.3, 0.4) is 0 Å². The van der Waals surface area contributed by atoms with Gasteiger partial charge in [0.25, 0.3) is 0 Å². The Balaban J connectivity index is 0.000000246. The Morgan fingerprint density at radius 3 is 1.48 bits per heavy atom. The Kier molecular flexibility index (Phi) is 13.3. The summed E-state index contributed by atoms with van der Waals surface area (Å²) >= 11 is 0. The van der Waals surface area contributed by atoms with Crippen molar-refractivity contribution < 1.29 is 47.3 Å². The van der Waals surface area contributed by atoms with Gasteiger partial charge in [-0.25, -0.2) is 9.48 Å². The van der Waals surface area contributed by atoms with Crippen molar-refractivity contribution in [3.8, 4) is 34.6 Å². The van der Waals surface area contributed by atoms with Crippen LogP contribution in [-0.2, 0) is 32.9 Å². The maximum Gasteiger partial charge on any atom is 0.359 e. The number of ether oxygens (including phenoxy) is 1. The molecular formula is C43H46CrN6O6. The smallest absolute Gasteiger partial charge is 0.359 e. The van der Waals surface area contributed by atoms with Crippen LogP contribution in [0.5, 0.6) is 23.3 Å². The van der Waals surface area contributed by atoms with E-state index >= 15 is 0 Å². The SMILES string of the molecule is COC(=O)c1nn(-c2ccccc2)c(O)c1C=Nc1cc(C(C)(C)C)ccc1O.Cc1nn(-c2ccccc2)c(O)c1C=Nc1cc(C(C)(C)C)ccc1O.[Cr]. The number of carbonyl (C=O) groups excluding carboxylic acids is 1. The first-order valence-electron chi connectivity index (χ1n) is 17.5. The quantitative estimate of drug-likeness (QED) is 0.0919. The largest absolute Gasteiger partial charge is 0.506 e. The summed E-state index contributed by atoms with van der Waals surface area (Å²) in [5, 5.41) is 50.1. The number of methoxy groups -OCH3 is 1. The zero-order chi connectivity index (χ0) is 40.1. The number of hydrogen-bond acceptors (Lipinski definition) is 10. The van der Waals surface area contributed by atoms with Gasteiger partial charge in [-0.2, -0.15) is 14.9 Å². The van der Waals surface area contributed by atoms with Crippen LogP contribution in [0.1, 0.15) is 80.0 Å². The molecule has 4 aromatic carbocycles. The predicted molar refractivity (Wildman–Crippen MR) is 215 cm³/mol. The molecule has 0 unspecified atom stereocenters. The van der Waals surface area contributed by atoms with E-state index in [0.717, 1.165) is 16.8 Å². The average molecular weight is 795 g/mol. The summed E-state index contributed by atoms with van der Waals surface area (Å²) in [6.45, 7) is 14.3. The Hall–Kier alpha value is -6.16. The normalized spacial score (nSPS) is 11.6. The van der Waals surface area contributed by atoms with Gasteiger partial charge in [0, 0.05) is 29.8 Å². The van der Waals surface area contributed by atoms with Crippen LogP contribution < -0.4 is 0 Å². The molecule has 13 heteroatoms. The Bertz CT molecular complexity index is 2350. The molecule has 0 atom stereocenters. The molecule has 0 aliphatic heterocycles. The van der Waals surface area contributed by atoms with Crippen molar-refractivity contribution in [2.75, 3.05) is 7.11 Å². The number of rotatable bonds is 7. The summed E-state index contributed by atoms with van der Waals surface area (Å²) in [6.07, 6.45) is 2.84. The first kappa shape index (κ1) is 42.6. The number of hydrogen-bond donors (Lipinski definition) is 4. The van der Waals surface area contributed by atoms with E-state index in [-0.39, 0.29) is 62.7 Å². The number of aromatic nitrogens is 4. The summed E-state index contributed by atoms with van der Waals surface area (Å²) in [7, 11) is 1.24. The molecule has 0 saturated heterocycles. The second kappa shape index (κ2) is 17.5. The molecule has 6 aromatic rings. The minimum absolute atomic E-state index is 0. The average Bonchev–Trinajstić information content (AvgIpc) is 3.64. The summed E-state index contributed by atoms with van der Waals surface area (Å²) in [4.78, 5) is 20.9. The van der Waals surface area contributed by atoms with Crippen molar-refractivity contribution >= 4 is 29.8 Å². The molecule has 56 heavy (non-hydrogen) atoms. The number of aryl methyl sites for hydroxylation is 1. The molecule has 0 aliphatic carbocycles. The van der Waals surface area contributed by atoms with E-state index in [0.29, 0.717) is 28.3 Å². The number of phenolic OH excluding ortho intramolecular Hbond substituents is 2. The molecule has 0 amide bonds. The number of para-hydroxylation sites is 2. The van der Waals surface area contributed by atoms with E-state index in [1.54, 1.807) is 48.7 Å². The van der Waals surface area contributed by atoms with Gasteiger partial charge in [-0.3, -0.25) is 9.98 Å². The van der Waals surface area contributed by atoms with E-state index < -0.39 is 5.97 Å². The van der Waals surface area contributed by atoms with Crippen LogP contribution in [-0.4, -0.2) is 65.5 Å². The standard InChI is InChI=1S/C22H23N3O4.C21H23N3O2.Cr/c1-22(2,3)14-10-11-18(26)17(12-14)23-13-16-19(21(28)29-4)24-25(20(16)27)15-8-6-5-7-9-15;1-14-17(20(26)24(23-14)16-8-6-5-7-9-16)13-22-18-12-15(21(2,3)4)10-11-19(18)25;/h5-13,26-27H,1-4H3;5-13,25-26H,1-4H3;. The predicted octanol–water partition coefficient (Wildman–Crippen LogP) is 8.76. The first-order valence-corrected chi connectivity index (χ1v) is 17.5. The van der Waals surface area contributed by atoms with Gasteiger partial charge in [-0.1, -0.05) is 90.1 Å². The zero-order valence-corrected chi connectivity index (χ0v) is 33.9. The van der Waals surface area contributed by atoms with Crippen LogP contribution in [0.4, 0.5) is 11.4 Å². The maximum atomic E-state index is 12.2. The maximum absolute atomic E-state index is 12.2. The van der Waals surface area contributed by atoms with Gasteiger partial charge in [-0.05, 0) is 77.4 Å². The second-order valence-electron chi connectivity index (χ2n) is 14.8. The van der Waals surface area contributed by atoms with E-state index in [2.05, 4.69) is 61.7 Å². The number of aliphatic imine (C=N–C) groups is 2. The molecule has 4 N–H and O–H groups in total. The van der Waals surface area contributed by atoms with Crippen molar-refractivity contribution in [1.82, 2.24) is 19.6 Å². The van der Waals surface area contributed by atoms with Gasteiger partial charge in [0.05, 0.1) is 35.3 Å². The van der Waals surface area contributed by atoms with Crippen LogP contribution >= 0.6 is 0 Å². The van der Waals surface area contributed by atoms with Crippen molar-refractivity contribution in [2.45, 2.75) is 59.3 Å². The third kappa shape index (κ3) is 9.74. The fraction of sp³-hybridized carbons (Fsp3) is 0.233. The number of esters is 1. The van der Waals surface area contributed by atoms with Gasteiger partial charge in [0.1, 0.15) is 22.9 Å². The first-order chi connectivity index (χ1) is 26.0. The monoisotopic (exact) mass is 794 g/mol. The molecule has 12 nitrogen and oxygen atoms in total. The van der Waals surface area contributed by atoms with Gasteiger partial charge in [-0.15, -0.1) is 0 Å². The molecular weight excluding hydrogens is 749 g/mol. The minimum Gasteiger partial charge on any atom is -0.506 e. The van der Waals surface area contributed by atoms with Crippen molar-refractivity contribution in [2.24, 2.45) is 9.98 Å². The summed E-state index contributed by atoms with van der Waals surface area (Å²) in [5.41, 5.74) is 5.20. The minimum atomic E-state index is -0.705. The van der Waals surface area contributed by atoms with E-state index in [1.165, 1.54) is 22.7 Å². The summed E-state index contributed by atoms with van der Waals surface area (Å²) < 4.78 is 7.49. The summed E-state index contributed by atoms with van der Waals surface area (Å²) in [5.74, 6) is -0.856. The molecule has 290 valence electrons. The molecule has 0 aliphatic rings. The molecule has 0 spiro atoms. The van der Waals surface area contributed by atoms with Crippen LogP contribution in [0.15, 0.2) is 107 Å². The molecule has 2 aromatic heterocycles. The van der Waals surface area contributed by atoms with Crippen LogP contribution in [0, 0.1) is 6.92 Å². The Morgan fingerprint density at radius 2 is 1.05 bits per heavy atom. The zero-order valence-electron chi connectivity index (χ0n) is 32.6. The fourth-order valence-corrected chi connectivity index (χ4v) is 5.42. The van der Waals surface area contributed by atoms with Crippen molar-refractivity contribution in [3.05, 3.63) is 131 Å². The van der Waals surface area contributed by atoms with Crippen molar-refractivity contribution in [3.63, 3.8) is 0 Å². The Morgan fingerprint density at radius 1 is 0.643 bits per heavy atom. The van der Waals surface area contributed by atoms with Crippen LogP contribution in [0.2, 0.25) is 0 Å². The second-order valence-corrected chi connectivity index (χ2v) is 14.8. The molecule has 0 fully saturated rings. The summed E-state index contributed by atoms with van der Waals surface area (Å²) in [6, 6.07) is 28.9. The molecule has 2 heterocycles. The molecule has 0 radical (unpaired) electrons. The number of benzene rings is 4. The van der Waals surface area contributed by atoms with E-state index in [4.69, 9.17) is 4.74 Å². The fourth-order valence-electron chi connectivity index (χ4n) is 5.42. The number of nitrogens with zero attached hydrogens (tertiary/aromatic N) is 6. The number of carbonyl (C=O) groups is 1. The molecule has 0 saturated carbocycles. The molecule has 0 bridgehead atoms. The third-order valence-corrected chi connectivity index (χ3v) is 8.71. The van der Waals surface area contributed by atoms with E-state index in [1.807, 2.05) is 61.5 Å².